The Morgan fingerprint density at radius 1 is 1.28 bits per heavy atom. The summed E-state index contributed by atoms with van der Waals surface area (Å²) in [6.07, 6.45) is 6.77. The number of amides is 1. The van der Waals surface area contributed by atoms with Crippen LogP contribution in [-0.2, 0) is 6.54 Å². The van der Waals surface area contributed by atoms with Gasteiger partial charge in [-0.15, -0.1) is 6.42 Å². The second kappa shape index (κ2) is 5.65. The summed E-state index contributed by atoms with van der Waals surface area (Å²) in [4.78, 5) is 15.8. The highest BCUT2D eigenvalue weighted by atomic mass is 16.1. The summed E-state index contributed by atoms with van der Waals surface area (Å²) in [7, 11) is 0. The van der Waals surface area contributed by atoms with Crippen molar-refractivity contribution < 1.29 is 4.79 Å². The summed E-state index contributed by atoms with van der Waals surface area (Å²) in [5.74, 6) is 2.25. The molecule has 2 aromatic rings. The number of nitrogens with zero attached hydrogens (tertiary/aromatic N) is 1. The van der Waals surface area contributed by atoms with Gasteiger partial charge in [0.1, 0.15) is 5.69 Å². The first-order chi connectivity index (χ1) is 8.79. The molecule has 0 spiro atoms. The normalized spacial score (nSPS) is 9.50. The lowest BCUT2D eigenvalue weighted by Gasteiger charge is -2.05. The van der Waals surface area contributed by atoms with Crippen LogP contribution in [-0.4, -0.2) is 10.9 Å². The molecule has 3 nitrogen and oxygen atoms in total. The largest absolute Gasteiger partial charge is 0.348 e. The Hall–Kier alpha value is -2.60. The van der Waals surface area contributed by atoms with Gasteiger partial charge < -0.3 is 5.32 Å². The van der Waals surface area contributed by atoms with E-state index >= 15 is 0 Å². The van der Waals surface area contributed by atoms with Crippen LogP contribution in [0.4, 0.5) is 0 Å². The van der Waals surface area contributed by atoms with E-state index in [0.29, 0.717) is 17.8 Å². The van der Waals surface area contributed by atoms with Crippen LogP contribution in [0.25, 0.3) is 0 Å². The Balaban J connectivity index is 2.02. The third kappa shape index (κ3) is 2.96. The molecule has 1 heterocycles. The number of benzene rings is 1. The summed E-state index contributed by atoms with van der Waals surface area (Å²) >= 11 is 0. The lowest BCUT2D eigenvalue weighted by molar-refractivity contribution is 0.0951. The van der Waals surface area contributed by atoms with Crippen molar-refractivity contribution in [2.75, 3.05) is 0 Å². The molecule has 0 saturated heterocycles. The zero-order valence-electron chi connectivity index (χ0n) is 9.76. The van der Waals surface area contributed by atoms with Gasteiger partial charge >= 0.3 is 0 Å². The number of carbonyl (C=O) groups is 1. The standard InChI is InChI=1S/C15H12N2O/c1-2-14-10-13(8-9-16-14)15(18)17-11-12-6-4-3-5-7-12/h1,3-10H,11H2,(H,17,18). The molecule has 0 atom stereocenters. The fraction of sp³-hybridized carbons (Fsp3) is 0.0667. The number of rotatable bonds is 3. The van der Waals surface area contributed by atoms with Gasteiger partial charge in [0.05, 0.1) is 0 Å². The number of hydrogen-bond acceptors (Lipinski definition) is 2. The third-order valence-corrected chi connectivity index (χ3v) is 2.47. The van der Waals surface area contributed by atoms with Gasteiger partial charge in [-0.05, 0) is 17.7 Å². The van der Waals surface area contributed by atoms with Gasteiger partial charge in [0.25, 0.3) is 5.91 Å². The fourth-order valence-corrected chi connectivity index (χ4v) is 1.53. The van der Waals surface area contributed by atoms with Crippen LogP contribution in [0.1, 0.15) is 21.6 Å². The predicted molar refractivity (Wildman–Crippen MR) is 69.8 cm³/mol. The second-order valence-electron chi connectivity index (χ2n) is 3.74. The van der Waals surface area contributed by atoms with Gasteiger partial charge in [-0.1, -0.05) is 36.3 Å². The second-order valence-corrected chi connectivity index (χ2v) is 3.74. The molecule has 0 saturated carbocycles. The van der Waals surface area contributed by atoms with Crippen molar-refractivity contribution in [1.82, 2.24) is 10.3 Å². The van der Waals surface area contributed by atoms with Crippen molar-refractivity contribution in [2.45, 2.75) is 6.54 Å². The maximum Gasteiger partial charge on any atom is 0.251 e. The molecule has 1 amide bonds. The topological polar surface area (TPSA) is 42.0 Å². The van der Waals surface area contributed by atoms with E-state index < -0.39 is 0 Å². The lowest BCUT2D eigenvalue weighted by atomic mass is 10.2. The number of hydrogen-bond donors (Lipinski definition) is 1. The summed E-state index contributed by atoms with van der Waals surface area (Å²) in [5, 5.41) is 2.83. The monoisotopic (exact) mass is 236 g/mol. The molecule has 88 valence electrons. The Morgan fingerprint density at radius 3 is 2.78 bits per heavy atom. The van der Waals surface area contributed by atoms with E-state index in [0.717, 1.165) is 5.56 Å². The number of nitrogens with one attached hydrogen (secondary N) is 1. The maximum absolute atomic E-state index is 11.9. The van der Waals surface area contributed by atoms with E-state index in [1.807, 2.05) is 30.3 Å². The number of carbonyl (C=O) groups excluding carboxylic acids is 1. The molecule has 1 aromatic carbocycles. The molecule has 0 bridgehead atoms. The van der Waals surface area contributed by atoms with Gasteiger partial charge in [-0.2, -0.15) is 0 Å². The van der Waals surface area contributed by atoms with Crippen LogP contribution in [0.2, 0.25) is 0 Å². The number of terminal acetylenes is 1. The van der Waals surface area contributed by atoms with Gasteiger partial charge in [0.15, 0.2) is 0 Å². The van der Waals surface area contributed by atoms with Crippen molar-refractivity contribution in [3.05, 3.63) is 65.5 Å². The Labute approximate surface area is 106 Å². The molecule has 0 unspecified atom stereocenters. The van der Waals surface area contributed by atoms with Gasteiger partial charge in [-0.25, -0.2) is 4.98 Å². The number of aromatic nitrogens is 1. The van der Waals surface area contributed by atoms with Crippen LogP contribution >= 0.6 is 0 Å². The van der Waals surface area contributed by atoms with Gasteiger partial charge in [-0.3, -0.25) is 4.79 Å². The van der Waals surface area contributed by atoms with Gasteiger partial charge in [0.2, 0.25) is 0 Å². The predicted octanol–water partition coefficient (Wildman–Crippen LogP) is 1.99. The molecule has 2 rings (SSSR count). The molecule has 18 heavy (non-hydrogen) atoms. The third-order valence-electron chi connectivity index (χ3n) is 2.47. The first-order valence-corrected chi connectivity index (χ1v) is 5.54. The van der Waals surface area contributed by atoms with Crippen LogP contribution in [0, 0.1) is 12.3 Å². The minimum absolute atomic E-state index is 0.155. The molecule has 3 heteroatoms. The SMILES string of the molecule is C#Cc1cc(C(=O)NCc2ccccc2)ccn1. The average Bonchev–Trinajstić information content (AvgIpc) is 2.46. The smallest absolute Gasteiger partial charge is 0.251 e. The van der Waals surface area contributed by atoms with Crippen molar-refractivity contribution in [2.24, 2.45) is 0 Å². The number of pyridine rings is 1. The molecule has 0 aliphatic carbocycles. The quantitative estimate of drug-likeness (QED) is 0.828. The molecule has 0 fully saturated rings. The van der Waals surface area contributed by atoms with Gasteiger partial charge in [0, 0.05) is 18.3 Å². The summed E-state index contributed by atoms with van der Waals surface area (Å²) in [6.45, 7) is 0.493. The minimum Gasteiger partial charge on any atom is -0.348 e. The minimum atomic E-state index is -0.155. The summed E-state index contributed by atoms with van der Waals surface area (Å²) in [6, 6.07) is 13.0. The summed E-state index contributed by atoms with van der Waals surface area (Å²) < 4.78 is 0. The molecule has 1 N–H and O–H groups in total. The fourth-order valence-electron chi connectivity index (χ4n) is 1.53. The van der Waals surface area contributed by atoms with Crippen LogP contribution < -0.4 is 5.32 Å². The highest BCUT2D eigenvalue weighted by Crippen LogP contribution is 2.02. The zero-order chi connectivity index (χ0) is 12.8. The van der Waals surface area contributed by atoms with Crippen molar-refractivity contribution in [1.29, 1.82) is 0 Å². The molecule has 0 aliphatic heterocycles. The lowest BCUT2D eigenvalue weighted by Crippen LogP contribution is -2.22. The van der Waals surface area contributed by atoms with Crippen LogP contribution in [0.5, 0.6) is 0 Å². The summed E-state index contributed by atoms with van der Waals surface area (Å²) in [5.41, 5.74) is 2.04. The molecule has 1 aromatic heterocycles. The van der Waals surface area contributed by atoms with E-state index in [1.54, 1.807) is 12.1 Å². The van der Waals surface area contributed by atoms with E-state index in [4.69, 9.17) is 6.42 Å². The van der Waals surface area contributed by atoms with Crippen molar-refractivity contribution in [3.63, 3.8) is 0 Å². The van der Waals surface area contributed by atoms with E-state index in [2.05, 4.69) is 16.2 Å². The molecule has 0 aliphatic rings. The van der Waals surface area contributed by atoms with E-state index in [9.17, 15) is 4.79 Å². The Kier molecular flexibility index (Phi) is 3.72. The van der Waals surface area contributed by atoms with E-state index in [-0.39, 0.29) is 5.91 Å². The van der Waals surface area contributed by atoms with Crippen molar-refractivity contribution >= 4 is 5.91 Å². The average molecular weight is 236 g/mol. The first kappa shape index (κ1) is 11.9. The maximum atomic E-state index is 11.9. The van der Waals surface area contributed by atoms with Crippen LogP contribution in [0.3, 0.4) is 0 Å². The first-order valence-electron chi connectivity index (χ1n) is 5.54. The molecule has 0 radical (unpaired) electrons. The Bertz CT molecular complexity index is 585. The highest BCUT2D eigenvalue weighted by molar-refractivity contribution is 5.94. The zero-order valence-corrected chi connectivity index (χ0v) is 9.76. The van der Waals surface area contributed by atoms with Crippen LogP contribution in [0.15, 0.2) is 48.7 Å². The molecular weight excluding hydrogens is 224 g/mol. The highest BCUT2D eigenvalue weighted by Gasteiger charge is 2.05. The molecular formula is C15H12N2O. The Morgan fingerprint density at radius 2 is 2.06 bits per heavy atom. The van der Waals surface area contributed by atoms with E-state index in [1.165, 1.54) is 6.20 Å². The van der Waals surface area contributed by atoms with Crippen molar-refractivity contribution in [3.8, 4) is 12.3 Å².